The topological polar surface area (TPSA) is 66.5 Å². The van der Waals surface area contributed by atoms with Gasteiger partial charge in [-0.1, -0.05) is 67.4 Å². The van der Waals surface area contributed by atoms with Gasteiger partial charge in [-0.15, -0.1) is 0 Å². The molecule has 0 radical (unpaired) electrons. The number of carbonyl (C=O) groups is 3. The maximum absolute atomic E-state index is 13.7. The van der Waals surface area contributed by atoms with Gasteiger partial charge in [-0.05, 0) is 42.9 Å². The number of Topliss-reactive ketones (excluding diaryl/α,β-unsaturated/α-hetero) is 1. The minimum absolute atomic E-state index is 0.0501. The van der Waals surface area contributed by atoms with Crippen molar-refractivity contribution in [1.82, 2.24) is 10.2 Å². The molecule has 3 atom stereocenters. The lowest BCUT2D eigenvalue weighted by molar-refractivity contribution is -0.145. The van der Waals surface area contributed by atoms with Crippen molar-refractivity contribution >= 4 is 17.6 Å². The van der Waals surface area contributed by atoms with Gasteiger partial charge in [0.05, 0.1) is 12.5 Å². The lowest BCUT2D eigenvalue weighted by atomic mass is 9.76. The molecule has 0 aromatic heterocycles. The molecule has 32 heavy (non-hydrogen) atoms. The number of hydrogen-bond acceptors (Lipinski definition) is 3. The fourth-order valence-electron chi connectivity index (χ4n) is 5.32. The molecule has 1 unspecified atom stereocenters. The maximum Gasteiger partial charge on any atom is 0.226 e. The van der Waals surface area contributed by atoms with Crippen LogP contribution in [0.2, 0.25) is 0 Å². The molecule has 1 N–H and O–H groups in total. The van der Waals surface area contributed by atoms with Crippen LogP contribution in [0.3, 0.4) is 0 Å². The zero-order valence-corrected chi connectivity index (χ0v) is 18.8. The molecule has 1 aliphatic carbocycles. The van der Waals surface area contributed by atoms with Crippen LogP contribution >= 0.6 is 0 Å². The van der Waals surface area contributed by atoms with E-state index in [1.54, 1.807) is 6.92 Å². The number of ketones is 1. The number of nitrogens with one attached hydrogen (secondary N) is 1. The fourth-order valence-corrected chi connectivity index (χ4v) is 5.32. The Morgan fingerprint density at radius 3 is 2.38 bits per heavy atom. The van der Waals surface area contributed by atoms with Crippen LogP contribution in [-0.2, 0) is 27.2 Å². The third-order valence-corrected chi connectivity index (χ3v) is 7.00. The largest absolute Gasteiger partial charge is 0.353 e. The molecular weight excluding hydrogens is 400 g/mol. The number of hydrogen-bond donors (Lipinski definition) is 1. The van der Waals surface area contributed by atoms with E-state index >= 15 is 0 Å². The first-order valence-corrected chi connectivity index (χ1v) is 11.7. The van der Waals surface area contributed by atoms with Gasteiger partial charge in [0.25, 0.3) is 0 Å². The molecule has 2 aromatic carbocycles. The average Bonchev–Trinajstić information content (AvgIpc) is 2.82. The highest BCUT2D eigenvalue weighted by atomic mass is 16.2. The summed E-state index contributed by atoms with van der Waals surface area (Å²) >= 11 is 0. The van der Waals surface area contributed by atoms with Gasteiger partial charge in [-0.2, -0.15) is 0 Å². The molecule has 4 rings (SSSR count). The van der Waals surface area contributed by atoms with Gasteiger partial charge in [-0.3, -0.25) is 14.4 Å². The second-order valence-corrected chi connectivity index (χ2v) is 9.07. The quantitative estimate of drug-likeness (QED) is 0.754. The van der Waals surface area contributed by atoms with E-state index in [9.17, 15) is 14.4 Å². The Morgan fingerprint density at radius 1 is 0.938 bits per heavy atom. The molecule has 1 heterocycles. The Labute approximate surface area is 190 Å². The summed E-state index contributed by atoms with van der Waals surface area (Å²) in [5.74, 6) is -0.281. The summed E-state index contributed by atoms with van der Waals surface area (Å²) in [6.45, 7) is 2.62. The lowest BCUT2D eigenvalue weighted by Gasteiger charge is -2.41. The van der Waals surface area contributed by atoms with Gasteiger partial charge in [0, 0.05) is 24.9 Å². The second kappa shape index (κ2) is 10.1. The highest BCUT2D eigenvalue weighted by Gasteiger charge is 2.40. The Bertz CT molecular complexity index is 972. The minimum atomic E-state index is -0.242. The first kappa shape index (κ1) is 22.3. The number of fused-ring (bicyclic) bond motifs is 1. The second-order valence-electron chi connectivity index (χ2n) is 9.07. The molecular formula is C27H32N2O3. The Hall–Kier alpha value is -2.95. The van der Waals surface area contributed by atoms with Gasteiger partial charge in [-0.25, -0.2) is 0 Å². The molecule has 1 aliphatic heterocycles. The van der Waals surface area contributed by atoms with Crippen LogP contribution in [0.15, 0.2) is 54.6 Å². The maximum atomic E-state index is 13.7. The molecule has 1 fully saturated rings. The molecule has 5 nitrogen and oxygen atoms in total. The summed E-state index contributed by atoms with van der Waals surface area (Å²) in [6, 6.07) is 17.6. The normalized spacial score (nSPS) is 22.7. The standard InChI is InChI=1S/C27H32N2O3/c1-19(30)22-12-7-8-14-24(22)27(32)29-16-15-21-11-5-6-13-23(21)25(29)18-28-26(31)17-20-9-3-2-4-10-20/h2-6,9-11,13,22,24-25H,7-8,12,14-18H2,1H3,(H,28,31)/t22-,24-,25?/m1/s1. The highest BCUT2D eigenvalue weighted by molar-refractivity contribution is 5.88. The molecule has 0 saturated heterocycles. The number of carbonyl (C=O) groups excluding carboxylic acids is 3. The van der Waals surface area contributed by atoms with Crippen molar-refractivity contribution < 1.29 is 14.4 Å². The number of benzene rings is 2. The average molecular weight is 433 g/mol. The van der Waals surface area contributed by atoms with Gasteiger partial charge in [0.2, 0.25) is 11.8 Å². The predicted octanol–water partition coefficient (Wildman–Crippen LogP) is 3.87. The summed E-state index contributed by atoms with van der Waals surface area (Å²) in [4.78, 5) is 40.5. The Balaban J connectivity index is 1.52. The lowest BCUT2D eigenvalue weighted by Crippen LogP contribution is -2.49. The van der Waals surface area contributed by atoms with Crippen LogP contribution in [0.1, 0.15) is 55.3 Å². The van der Waals surface area contributed by atoms with Crippen molar-refractivity contribution in [3.8, 4) is 0 Å². The Kier molecular flexibility index (Phi) is 7.03. The van der Waals surface area contributed by atoms with E-state index in [0.717, 1.165) is 43.2 Å². The van der Waals surface area contributed by atoms with Crippen molar-refractivity contribution in [3.05, 3.63) is 71.3 Å². The zero-order valence-electron chi connectivity index (χ0n) is 18.8. The van der Waals surface area contributed by atoms with Gasteiger partial charge in [0.15, 0.2) is 0 Å². The molecule has 168 valence electrons. The third-order valence-electron chi connectivity index (χ3n) is 7.00. The molecule has 2 aromatic rings. The summed E-state index contributed by atoms with van der Waals surface area (Å²) < 4.78 is 0. The minimum Gasteiger partial charge on any atom is -0.353 e. The SMILES string of the molecule is CC(=O)[C@H]1CCCC[C@H]1C(=O)N1CCc2ccccc2C1CNC(=O)Cc1ccccc1. The first-order chi connectivity index (χ1) is 15.5. The molecule has 1 saturated carbocycles. The molecule has 0 spiro atoms. The smallest absolute Gasteiger partial charge is 0.226 e. The van der Waals surface area contributed by atoms with Crippen molar-refractivity contribution in [2.45, 2.75) is 51.5 Å². The van der Waals surface area contributed by atoms with Crippen LogP contribution in [-0.4, -0.2) is 35.6 Å². The van der Waals surface area contributed by atoms with Gasteiger partial charge in [0.1, 0.15) is 5.78 Å². The molecule has 5 heteroatoms. The van der Waals surface area contributed by atoms with E-state index in [1.165, 1.54) is 5.56 Å². The predicted molar refractivity (Wildman–Crippen MR) is 124 cm³/mol. The fraction of sp³-hybridized carbons (Fsp3) is 0.444. The van der Waals surface area contributed by atoms with Crippen molar-refractivity contribution in [3.63, 3.8) is 0 Å². The van der Waals surface area contributed by atoms with Crippen molar-refractivity contribution in [1.29, 1.82) is 0 Å². The van der Waals surface area contributed by atoms with Gasteiger partial charge < -0.3 is 10.2 Å². The zero-order chi connectivity index (χ0) is 22.5. The van der Waals surface area contributed by atoms with Crippen LogP contribution in [0.5, 0.6) is 0 Å². The summed E-state index contributed by atoms with van der Waals surface area (Å²) in [7, 11) is 0. The molecule has 0 bridgehead atoms. The molecule has 2 aliphatic rings. The van der Waals surface area contributed by atoms with E-state index in [2.05, 4.69) is 17.4 Å². The molecule has 2 amide bonds. The van der Waals surface area contributed by atoms with Crippen molar-refractivity contribution in [2.75, 3.05) is 13.1 Å². The van der Waals surface area contributed by atoms with Gasteiger partial charge >= 0.3 is 0 Å². The van der Waals surface area contributed by atoms with E-state index in [0.29, 0.717) is 19.5 Å². The first-order valence-electron chi connectivity index (χ1n) is 11.7. The van der Waals surface area contributed by atoms with Crippen LogP contribution in [0.4, 0.5) is 0 Å². The number of rotatable bonds is 6. The summed E-state index contributed by atoms with van der Waals surface area (Å²) in [5, 5.41) is 3.06. The summed E-state index contributed by atoms with van der Waals surface area (Å²) in [6.07, 6.45) is 4.69. The van der Waals surface area contributed by atoms with E-state index in [-0.39, 0.29) is 35.5 Å². The number of nitrogens with zero attached hydrogens (tertiary/aromatic N) is 1. The summed E-state index contributed by atoms with van der Waals surface area (Å²) in [5.41, 5.74) is 3.29. The third kappa shape index (κ3) is 4.93. The van der Waals surface area contributed by atoms with Crippen LogP contribution in [0, 0.1) is 11.8 Å². The van der Waals surface area contributed by atoms with Crippen molar-refractivity contribution in [2.24, 2.45) is 11.8 Å². The van der Waals surface area contributed by atoms with E-state index in [4.69, 9.17) is 0 Å². The van der Waals surface area contributed by atoms with E-state index < -0.39 is 0 Å². The van der Waals surface area contributed by atoms with E-state index in [1.807, 2.05) is 47.4 Å². The monoisotopic (exact) mass is 432 g/mol. The van der Waals surface area contributed by atoms with Crippen LogP contribution in [0.25, 0.3) is 0 Å². The highest BCUT2D eigenvalue weighted by Crippen LogP contribution is 2.36. The van der Waals surface area contributed by atoms with Crippen LogP contribution < -0.4 is 5.32 Å². The number of amides is 2. The Morgan fingerprint density at radius 2 is 1.62 bits per heavy atom.